The smallest absolute Gasteiger partial charge is 0.253 e. The third kappa shape index (κ3) is 3.74. The molecule has 34 heavy (non-hydrogen) atoms. The van der Waals surface area contributed by atoms with E-state index < -0.39 is 0 Å². The molecule has 2 aromatic carbocycles. The summed E-state index contributed by atoms with van der Waals surface area (Å²) in [7, 11) is 0. The molecule has 0 saturated heterocycles. The molecule has 2 aliphatic rings. The Morgan fingerprint density at radius 2 is 1.85 bits per heavy atom. The Labute approximate surface area is 198 Å². The zero-order valence-electron chi connectivity index (χ0n) is 19.6. The maximum absolute atomic E-state index is 13.5. The molecular weight excluding hydrogens is 424 g/mol. The highest BCUT2D eigenvalue weighted by atomic mass is 16.1. The first-order valence-corrected chi connectivity index (χ1v) is 12.4. The molecule has 1 aliphatic carbocycles. The standard InChI is InChI=1S/C27H30N6O/c1-18-8-7-11-20-16-23(27(34)28-24(18)20)25(32-15-14-19-9-5-6-10-21(19)17-32)26-29-30-31-33(26)22-12-3-2-4-13-22/h5-11,16,22,25H,2-4,12-15,17H2,1H3,(H,28,34). The van der Waals surface area contributed by atoms with Gasteiger partial charge in [-0.25, -0.2) is 4.68 Å². The Morgan fingerprint density at radius 3 is 2.71 bits per heavy atom. The number of nitrogens with one attached hydrogen (secondary N) is 1. The molecule has 1 atom stereocenters. The van der Waals surface area contributed by atoms with Gasteiger partial charge in [0.25, 0.3) is 5.56 Å². The van der Waals surface area contributed by atoms with Crippen molar-refractivity contribution in [3.63, 3.8) is 0 Å². The van der Waals surface area contributed by atoms with Gasteiger partial charge in [0.2, 0.25) is 0 Å². The largest absolute Gasteiger partial charge is 0.321 e. The molecule has 1 saturated carbocycles. The number of hydrogen-bond acceptors (Lipinski definition) is 5. The van der Waals surface area contributed by atoms with Crippen LogP contribution in [0.3, 0.4) is 0 Å². The molecule has 1 aliphatic heterocycles. The van der Waals surface area contributed by atoms with Crippen molar-refractivity contribution in [2.75, 3.05) is 6.54 Å². The fourth-order valence-electron chi connectivity index (χ4n) is 5.81. The number of pyridine rings is 1. The Hall–Kier alpha value is -3.32. The molecule has 4 aromatic rings. The molecule has 3 heterocycles. The number of aromatic amines is 1. The third-order valence-corrected chi connectivity index (χ3v) is 7.62. The summed E-state index contributed by atoms with van der Waals surface area (Å²) in [5.74, 6) is 0.781. The first-order valence-electron chi connectivity index (χ1n) is 12.4. The first kappa shape index (κ1) is 21.2. The van der Waals surface area contributed by atoms with Crippen molar-refractivity contribution < 1.29 is 0 Å². The molecule has 6 rings (SSSR count). The van der Waals surface area contributed by atoms with Gasteiger partial charge in [0.15, 0.2) is 5.82 Å². The normalized spacial score (nSPS) is 18.1. The predicted octanol–water partition coefficient (Wildman–Crippen LogP) is 4.48. The minimum absolute atomic E-state index is 0.0659. The highest BCUT2D eigenvalue weighted by molar-refractivity contribution is 5.82. The summed E-state index contributed by atoms with van der Waals surface area (Å²) in [5, 5.41) is 14.1. The number of hydrogen-bond donors (Lipinski definition) is 1. The summed E-state index contributed by atoms with van der Waals surface area (Å²) in [6.45, 7) is 3.65. The summed E-state index contributed by atoms with van der Waals surface area (Å²) in [5.41, 5.74) is 5.30. The Balaban J connectivity index is 1.50. The summed E-state index contributed by atoms with van der Waals surface area (Å²) in [6.07, 6.45) is 6.77. The lowest BCUT2D eigenvalue weighted by atomic mass is 9.94. The van der Waals surface area contributed by atoms with E-state index in [4.69, 9.17) is 0 Å². The van der Waals surface area contributed by atoms with Gasteiger partial charge in [-0.1, -0.05) is 61.7 Å². The zero-order valence-corrected chi connectivity index (χ0v) is 19.6. The number of para-hydroxylation sites is 1. The number of aryl methyl sites for hydroxylation is 1. The highest BCUT2D eigenvalue weighted by Crippen LogP contribution is 2.35. The van der Waals surface area contributed by atoms with E-state index in [-0.39, 0.29) is 11.6 Å². The quantitative estimate of drug-likeness (QED) is 0.492. The van der Waals surface area contributed by atoms with Crippen LogP contribution in [0, 0.1) is 6.92 Å². The van der Waals surface area contributed by atoms with E-state index in [2.05, 4.69) is 55.7 Å². The predicted molar refractivity (Wildman–Crippen MR) is 132 cm³/mol. The Morgan fingerprint density at radius 1 is 1.03 bits per heavy atom. The van der Waals surface area contributed by atoms with Crippen molar-refractivity contribution in [3.05, 3.63) is 87.0 Å². The van der Waals surface area contributed by atoms with Crippen LogP contribution in [0.15, 0.2) is 53.3 Å². The van der Waals surface area contributed by atoms with E-state index in [0.29, 0.717) is 11.6 Å². The second kappa shape index (κ2) is 8.80. The molecular formula is C27H30N6O. The zero-order chi connectivity index (χ0) is 23.1. The van der Waals surface area contributed by atoms with Gasteiger partial charge in [-0.3, -0.25) is 9.69 Å². The van der Waals surface area contributed by atoms with Gasteiger partial charge in [-0.15, -0.1) is 5.10 Å². The molecule has 1 N–H and O–H groups in total. The number of nitrogens with zero attached hydrogens (tertiary/aromatic N) is 5. The van der Waals surface area contributed by atoms with Crippen molar-refractivity contribution in [2.24, 2.45) is 0 Å². The van der Waals surface area contributed by atoms with Crippen molar-refractivity contribution in [1.29, 1.82) is 0 Å². The third-order valence-electron chi connectivity index (χ3n) is 7.62. The molecule has 0 bridgehead atoms. The Kier molecular flexibility index (Phi) is 5.49. The molecule has 2 aromatic heterocycles. The van der Waals surface area contributed by atoms with Gasteiger partial charge >= 0.3 is 0 Å². The molecule has 7 nitrogen and oxygen atoms in total. The number of fused-ring (bicyclic) bond motifs is 2. The summed E-state index contributed by atoms with van der Waals surface area (Å²) < 4.78 is 2.02. The van der Waals surface area contributed by atoms with E-state index in [0.717, 1.165) is 54.6 Å². The number of H-pyrrole nitrogens is 1. The van der Waals surface area contributed by atoms with Crippen LogP contribution in [0.5, 0.6) is 0 Å². The van der Waals surface area contributed by atoms with Crippen molar-refractivity contribution in [2.45, 2.75) is 64.1 Å². The molecule has 174 valence electrons. The van der Waals surface area contributed by atoms with Gasteiger partial charge in [0.05, 0.1) is 11.6 Å². The fraction of sp³-hybridized carbons (Fsp3) is 0.407. The van der Waals surface area contributed by atoms with Crippen LogP contribution in [-0.4, -0.2) is 36.6 Å². The lowest BCUT2D eigenvalue weighted by Crippen LogP contribution is -2.39. The van der Waals surface area contributed by atoms with Crippen LogP contribution in [0.25, 0.3) is 10.9 Å². The van der Waals surface area contributed by atoms with Gasteiger partial charge in [-0.05, 0) is 64.8 Å². The van der Waals surface area contributed by atoms with E-state index >= 15 is 0 Å². The van der Waals surface area contributed by atoms with Gasteiger partial charge in [-0.2, -0.15) is 0 Å². The molecule has 1 unspecified atom stereocenters. The molecule has 0 amide bonds. The van der Waals surface area contributed by atoms with E-state index in [1.807, 2.05) is 29.8 Å². The monoisotopic (exact) mass is 454 g/mol. The average molecular weight is 455 g/mol. The number of tetrazole rings is 1. The maximum atomic E-state index is 13.5. The number of benzene rings is 2. The van der Waals surface area contributed by atoms with Crippen molar-refractivity contribution in [1.82, 2.24) is 30.1 Å². The van der Waals surface area contributed by atoms with Gasteiger partial charge in [0, 0.05) is 18.7 Å². The van der Waals surface area contributed by atoms with E-state index in [1.165, 1.54) is 30.4 Å². The van der Waals surface area contributed by atoms with Crippen LogP contribution < -0.4 is 5.56 Å². The van der Waals surface area contributed by atoms with Crippen molar-refractivity contribution >= 4 is 10.9 Å². The van der Waals surface area contributed by atoms with E-state index in [9.17, 15) is 4.79 Å². The second-order valence-corrected chi connectivity index (χ2v) is 9.76. The molecule has 1 fully saturated rings. The lowest BCUT2D eigenvalue weighted by molar-refractivity contribution is 0.187. The van der Waals surface area contributed by atoms with Crippen LogP contribution >= 0.6 is 0 Å². The van der Waals surface area contributed by atoms with Crippen molar-refractivity contribution in [3.8, 4) is 0 Å². The van der Waals surface area contributed by atoms with Gasteiger partial charge < -0.3 is 4.98 Å². The fourth-order valence-corrected chi connectivity index (χ4v) is 5.81. The number of rotatable bonds is 4. The first-order chi connectivity index (χ1) is 16.7. The SMILES string of the molecule is Cc1cccc2cc(C(c3nnnn3C3CCCCC3)N3CCc4ccccc4C3)c(=O)[nH]c12. The van der Waals surface area contributed by atoms with Crippen LogP contribution in [0.4, 0.5) is 0 Å². The topological polar surface area (TPSA) is 79.7 Å². The number of aromatic nitrogens is 5. The molecule has 7 heteroatoms. The van der Waals surface area contributed by atoms with Crippen LogP contribution in [0.1, 0.15) is 72.3 Å². The Bertz CT molecular complexity index is 1380. The summed E-state index contributed by atoms with van der Waals surface area (Å²) in [4.78, 5) is 19.1. The average Bonchev–Trinajstić information content (AvgIpc) is 3.35. The van der Waals surface area contributed by atoms with Crippen LogP contribution in [0.2, 0.25) is 0 Å². The van der Waals surface area contributed by atoms with Gasteiger partial charge in [0.1, 0.15) is 6.04 Å². The summed E-state index contributed by atoms with van der Waals surface area (Å²) >= 11 is 0. The van der Waals surface area contributed by atoms with E-state index in [1.54, 1.807) is 0 Å². The minimum atomic E-state index is -0.307. The highest BCUT2D eigenvalue weighted by Gasteiger charge is 2.34. The second-order valence-electron chi connectivity index (χ2n) is 9.76. The lowest BCUT2D eigenvalue weighted by Gasteiger charge is -2.35. The maximum Gasteiger partial charge on any atom is 0.253 e. The summed E-state index contributed by atoms with van der Waals surface area (Å²) in [6, 6.07) is 16.8. The minimum Gasteiger partial charge on any atom is -0.321 e. The van der Waals surface area contributed by atoms with Crippen LogP contribution in [-0.2, 0) is 13.0 Å². The molecule has 0 spiro atoms. The molecule has 0 radical (unpaired) electrons.